The second-order valence-corrected chi connectivity index (χ2v) is 34.7. The van der Waals surface area contributed by atoms with E-state index >= 15 is 0 Å². The zero-order chi connectivity index (χ0) is 49.6. The highest BCUT2D eigenvalue weighted by Gasteiger charge is 2.26. The summed E-state index contributed by atoms with van der Waals surface area (Å²) in [7, 11) is 13.7. The zero-order valence-corrected chi connectivity index (χ0v) is 49.0. The summed E-state index contributed by atoms with van der Waals surface area (Å²) in [5.41, 5.74) is 0. The van der Waals surface area contributed by atoms with Crippen LogP contribution >= 0.6 is 25.0 Å². The van der Waals surface area contributed by atoms with Gasteiger partial charge in [-0.2, -0.15) is 0 Å². The molecule has 3 aromatic heterocycles. The Morgan fingerprint density at radius 2 is 0.939 bits per heavy atom. The molecule has 6 aliphatic heterocycles. The lowest BCUT2D eigenvalue weighted by molar-refractivity contribution is -0.898. The maximum atomic E-state index is 5.19. The molecule has 4 fully saturated rings. The fraction of sp³-hybridized carbons (Fsp3) is 0.564. The number of ether oxygens (including phenoxy) is 2. The molecule has 0 radical (unpaired) electrons. The lowest BCUT2D eigenvalue weighted by atomic mass is 10.3. The summed E-state index contributed by atoms with van der Waals surface area (Å²) in [5, 5.41) is 4.39. The Morgan fingerprint density at radius 3 is 1.12 bits per heavy atom. The fourth-order valence-electron chi connectivity index (χ4n) is 6.15. The first kappa shape index (κ1) is 64.1. The smallest absolute Gasteiger partial charge is 0.168 e. The van der Waals surface area contributed by atoms with Gasteiger partial charge < -0.3 is 14.0 Å². The van der Waals surface area contributed by atoms with Gasteiger partial charge in [-0.15, -0.1) is 6.58 Å². The maximum Gasteiger partial charge on any atom is 0.168 e. The largest absolute Gasteiger partial charge is 0.372 e. The molecule has 66 heavy (non-hydrogen) atoms. The van der Waals surface area contributed by atoms with E-state index in [1.807, 2.05) is 91.3 Å². The van der Waals surface area contributed by atoms with Crippen LogP contribution in [-0.4, -0.2) is 151 Å². The maximum absolute atomic E-state index is 5.19. The van der Waals surface area contributed by atoms with Crippen LogP contribution in [0.25, 0.3) is 0 Å². The molecule has 0 saturated carbocycles. The minimum atomic E-state index is -0.654. The number of nitrogens with zero attached hydrogens (tertiary/aromatic N) is 4. The van der Waals surface area contributed by atoms with Crippen molar-refractivity contribution in [2.45, 2.75) is 39.0 Å². The number of likely N-dealkylation sites (N-methyl/N-ethyl adjacent to an activating group) is 1. The monoisotopic (exact) mass is 1010 g/mol. The summed E-state index contributed by atoms with van der Waals surface area (Å²) in [4.78, 5) is 0. The molecular formula is C55H101N4O2P2S3+9. The van der Waals surface area contributed by atoms with Gasteiger partial charge in [0.05, 0.1) is 112 Å². The van der Waals surface area contributed by atoms with Crippen LogP contribution < -0.4 is 9.13 Å². The molecule has 0 N–H and O–H groups in total. The first-order valence-corrected chi connectivity index (χ1v) is 35.5. The summed E-state index contributed by atoms with van der Waals surface area (Å²) < 4.78 is 16.4. The predicted octanol–water partition coefficient (Wildman–Crippen LogP) is 11.4. The van der Waals surface area contributed by atoms with Gasteiger partial charge in [-0.3, -0.25) is 4.48 Å². The second kappa shape index (κ2) is 38.9. The number of aryl methyl sites for hydroxylation is 3. The highest BCUT2D eigenvalue weighted by molar-refractivity contribution is 7.96. The molecule has 0 unspecified atom stereocenters. The lowest BCUT2D eigenvalue weighted by Crippen LogP contribution is -2.48. The first-order chi connectivity index (χ1) is 31.2. The average Bonchev–Trinajstić information content (AvgIpc) is 4.12. The van der Waals surface area contributed by atoms with Crippen LogP contribution in [0, 0.1) is 0 Å². The molecule has 0 aliphatic carbocycles. The van der Waals surface area contributed by atoms with Crippen LogP contribution in [0.15, 0.2) is 145 Å². The summed E-state index contributed by atoms with van der Waals surface area (Å²) in [6.45, 7) is 21.0. The average molecular weight is 1010 g/mol. The van der Waals surface area contributed by atoms with Gasteiger partial charge in [0, 0.05) is 44.9 Å². The fourth-order valence-corrected chi connectivity index (χ4v) is 13.1. The quantitative estimate of drug-likeness (QED) is 0.0738. The molecule has 0 aromatic carbocycles. The number of hydrogen-bond donors (Lipinski definition) is 0. The van der Waals surface area contributed by atoms with Crippen molar-refractivity contribution in [1.29, 1.82) is 0 Å². The van der Waals surface area contributed by atoms with E-state index in [0.717, 1.165) is 46.3 Å². The van der Waals surface area contributed by atoms with Crippen molar-refractivity contribution < 1.29 is 27.6 Å². The van der Waals surface area contributed by atoms with Crippen LogP contribution in [0.4, 0.5) is 0 Å². The Hall–Kier alpha value is -1.90. The van der Waals surface area contributed by atoms with Gasteiger partial charge in [0.2, 0.25) is 0 Å². The normalized spacial score (nSPS) is 19.6. The Labute approximate surface area is 418 Å². The van der Waals surface area contributed by atoms with E-state index in [9.17, 15) is 0 Å². The number of quaternary nitrogens is 2. The Bertz CT molecular complexity index is 1550. The van der Waals surface area contributed by atoms with Crippen molar-refractivity contribution in [1.82, 2.24) is 0 Å². The van der Waals surface area contributed by atoms with Gasteiger partial charge in [-0.05, 0) is 108 Å². The minimum Gasteiger partial charge on any atom is -0.372 e. The number of rotatable bonds is 0. The minimum absolute atomic E-state index is 0.337. The Morgan fingerprint density at radius 1 is 0.545 bits per heavy atom. The molecule has 0 amide bonds. The molecule has 372 valence electrons. The zero-order valence-electron chi connectivity index (χ0n) is 44.7. The summed E-state index contributed by atoms with van der Waals surface area (Å²) in [5.74, 6) is 10.2. The molecular weight excluding hydrogens is 907 g/mol. The van der Waals surface area contributed by atoms with Crippen molar-refractivity contribution >= 4 is 46.8 Å². The van der Waals surface area contributed by atoms with Crippen molar-refractivity contribution in [3.05, 3.63) is 145 Å². The lowest BCUT2D eigenvalue weighted by Gasteiger charge is -2.33. The number of thiophene rings is 1. The topological polar surface area (TPSA) is 26.2 Å². The van der Waals surface area contributed by atoms with Gasteiger partial charge in [0.25, 0.3) is 0 Å². The third-order valence-electron chi connectivity index (χ3n) is 10.6. The number of pyridine rings is 2. The van der Waals surface area contributed by atoms with Crippen LogP contribution in [0.1, 0.15) is 39.0 Å². The number of allylic oxidation sites excluding steroid dienone is 5. The SMILES string of the molecule is C=CC.C[N+]1(C)C=CC=C1.C[N+]1(C)CCOCC1.C[P+]1(C)C=CC=C1.C[P+]1(C)CCCCC1.C[S+]1CCCC1.C[S+]1CCOCC1.C[n+]1ccccc1.C[n+]1ccccc1.C[s+]1cccc1. The Kier molecular flexibility index (Phi) is 37.8. The highest BCUT2D eigenvalue weighted by Crippen LogP contribution is 2.57. The van der Waals surface area contributed by atoms with Gasteiger partial charge >= 0.3 is 0 Å². The summed E-state index contributed by atoms with van der Waals surface area (Å²) >= 11 is 0. The van der Waals surface area contributed by atoms with Crippen LogP contribution in [-0.2, 0) is 51.6 Å². The molecule has 4 saturated heterocycles. The van der Waals surface area contributed by atoms with Gasteiger partial charge in [-0.1, -0.05) is 18.2 Å². The molecule has 6 aliphatic rings. The van der Waals surface area contributed by atoms with E-state index < -0.39 is 7.26 Å². The van der Waals surface area contributed by atoms with Crippen molar-refractivity contribution in [2.75, 3.05) is 142 Å². The van der Waals surface area contributed by atoms with E-state index in [2.05, 4.69) is 151 Å². The number of aromatic nitrogens is 2. The van der Waals surface area contributed by atoms with Gasteiger partial charge in [-0.25, -0.2) is 9.13 Å². The molecule has 0 atom stereocenters. The molecule has 9 rings (SSSR count). The molecule has 3 aromatic rings. The van der Waals surface area contributed by atoms with E-state index in [4.69, 9.17) is 9.47 Å². The molecule has 6 nitrogen and oxygen atoms in total. The number of morpholine rings is 1. The predicted molar refractivity (Wildman–Crippen MR) is 310 cm³/mol. The number of hydrogen-bond acceptors (Lipinski definition) is 2. The third kappa shape index (κ3) is 42.2. The van der Waals surface area contributed by atoms with E-state index in [1.165, 1.54) is 68.2 Å². The molecule has 0 spiro atoms. The Balaban J connectivity index is 0.000000716. The highest BCUT2D eigenvalue weighted by atomic mass is 32.2. The second-order valence-electron chi connectivity index (χ2n) is 19.5. The van der Waals surface area contributed by atoms with Crippen molar-refractivity contribution in [3.8, 4) is 0 Å². The van der Waals surface area contributed by atoms with Crippen LogP contribution in [0.5, 0.6) is 0 Å². The first-order valence-electron chi connectivity index (χ1n) is 24.0. The van der Waals surface area contributed by atoms with E-state index in [0.29, 0.717) is 21.4 Å². The summed E-state index contributed by atoms with van der Waals surface area (Å²) in [6, 6.07) is 16.2. The van der Waals surface area contributed by atoms with E-state index in [-0.39, 0.29) is 7.26 Å². The van der Waals surface area contributed by atoms with E-state index in [1.54, 1.807) is 18.4 Å². The van der Waals surface area contributed by atoms with Gasteiger partial charge in [0.1, 0.15) is 79.6 Å². The molecule has 11 heteroatoms. The van der Waals surface area contributed by atoms with Crippen LogP contribution in [0.2, 0.25) is 0 Å². The van der Waals surface area contributed by atoms with Crippen LogP contribution in [0.3, 0.4) is 0 Å². The summed E-state index contributed by atoms with van der Waals surface area (Å²) in [6.07, 6.45) is 39.9. The van der Waals surface area contributed by atoms with Crippen molar-refractivity contribution in [2.24, 2.45) is 20.4 Å². The van der Waals surface area contributed by atoms with Gasteiger partial charge in [0.15, 0.2) is 24.8 Å². The standard InChI is InChI=1S/C7H16P.C6H14NO.C6H10N.2C6H8N.C6H10P.C5H11OS.C5H11S.C5H7S.C3H6/c1-8(2)6-4-3-5-7-8;1-7(2)3-5-8-6-4-7;1-7(2)5-3-4-6-7;2*1-7-5-3-2-4-6-7;1-7(2)5-3-4-6-7;1-7-4-2-6-3-5-7;2*1-6-4-2-3-5-6;1-3-2/h3-7H2,1-2H3;3-6H2,1-2H3;3-6H,1-2H3;2*2-6H,1H3;3-6H,1-2H3;2-5H2,1H3;2-5H2,1H3;2-5H,1H3;3H,1H2,2H3/q9*+1;. The third-order valence-corrected chi connectivity index (χ3v) is 20.4. The van der Waals surface area contributed by atoms with Crippen molar-refractivity contribution in [3.63, 3.8) is 0 Å². The molecule has 0 bridgehead atoms. The molecule has 9 heterocycles.